The molecule has 0 aliphatic heterocycles. The van der Waals surface area contributed by atoms with Gasteiger partial charge in [-0.1, -0.05) is 71.7 Å². The zero-order chi connectivity index (χ0) is 29.5. The maximum absolute atomic E-state index is 7.23. The van der Waals surface area contributed by atoms with Gasteiger partial charge in [-0.2, -0.15) is 0 Å². The molecule has 0 N–H and O–H groups in total. The molecule has 0 amide bonds. The fraction of sp³-hybridized carbons (Fsp3) is 0.200. The monoisotopic (exact) mass is 720 g/mol. The number of fused-ring (bicyclic) bond motifs is 3. The SMILES string of the molecule is C[Si](C)(C)c1cccc2oc3c(-c4cc(C5CC5)ccn4)[c-]ccc3c12.[2H]C([2H])([2H])c1ccc(-c2[c-]cccc2)nc1.[Ir]. The van der Waals surface area contributed by atoms with Gasteiger partial charge in [0.05, 0.1) is 13.7 Å². The van der Waals surface area contributed by atoms with Crippen LogP contribution in [0.4, 0.5) is 0 Å². The van der Waals surface area contributed by atoms with E-state index in [2.05, 4.69) is 78.1 Å². The number of benzene rings is 3. The third-order valence-electron chi connectivity index (χ3n) is 7.10. The van der Waals surface area contributed by atoms with Crippen molar-refractivity contribution in [3.8, 4) is 22.5 Å². The molecule has 3 heterocycles. The summed E-state index contributed by atoms with van der Waals surface area (Å²) < 4.78 is 28.0. The number of aromatic nitrogens is 2. The fourth-order valence-corrected chi connectivity index (χ4v) is 6.57. The van der Waals surface area contributed by atoms with Crippen LogP contribution in [0, 0.1) is 19.0 Å². The third-order valence-corrected chi connectivity index (χ3v) is 9.14. The molecule has 1 aliphatic rings. The van der Waals surface area contributed by atoms with Crippen LogP contribution in [0.1, 0.15) is 34.0 Å². The van der Waals surface area contributed by atoms with Crippen molar-refractivity contribution in [2.75, 3.05) is 0 Å². The molecular weight excluding hydrogens is 685 g/mol. The second-order valence-corrected chi connectivity index (χ2v) is 16.1. The number of hydrogen-bond acceptors (Lipinski definition) is 3. The number of furan rings is 1. The van der Waals surface area contributed by atoms with Crippen LogP contribution < -0.4 is 5.19 Å². The molecule has 3 aromatic carbocycles. The van der Waals surface area contributed by atoms with E-state index in [1.54, 1.807) is 18.2 Å². The van der Waals surface area contributed by atoms with Crippen molar-refractivity contribution in [1.82, 2.24) is 9.97 Å². The second-order valence-electron chi connectivity index (χ2n) is 11.1. The molecule has 1 radical (unpaired) electrons. The Kier molecular flexibility index (Phi) is 7.10. The predicted molar refractivity (Wildman–Crippen MR) is 164 cm³/mol. The number of aryl methyl sites for hydroxylation is 1. The Morgan fingerprint density at radius 3 is 2.48 bits per heavy atom. The van der Waals surface area contributed by atoms with Crippen LogP contribution in [0.5, 0.6) is 0 Å². The average molecular weight is 720 g/mol. The Bertz CT molecular complexity index is 1860. The van der Waals surface area contributed by atoms with Crippen LogP contribution in [-0.4, -0.2) is 18.0 Å². The molecule has 7 rings (SSSR count). The van der Waals surface area contributed by atoms with Gasteiger partial charge in [-0.3, -0.25) is 0 Å². The maximum atomic E-state index is 7.23. The quantitative estimate of drug-likeness (QED) is 0.135. The van der Waals surface area contributed by atoms with E-state index in [-0.39, 0.29) is 25.7 Å². The first-order valence-electron chi connectivity index (χ1n) is 14.9. The number of nitrogens with zero attached hydrogens (tertiary/aromatic N) is 2. The zero-order valence-corrected chi connectivity index (χ0v) is 26.2. The molecule has 203 valence electrons. The van der Waals surface area contributed by atoms with Gasteiger partial charge < -0.3 is 14.4 Å². The van der Waals surface area contributed by atoms with E-state index in [4.69, 9.17) is 8.53 Å². The van der Waals surface area contributed by atoms with Crippen LogP contribution in [0.3, 0.4) is 0 Å². The molecule has 0 spiro atoms. The zero-order valence-electron chi connectivity index (χ0n) is 25.8. The summed E-state index contributed by atoms with van der Waals surface area (Å²) in [5, 5.41) is 3.91. The van der Waals surface area contributed by atoms with Crippen LogP contribution in [0.15, 0.2) is 95.7 Å². The van der Waals surface area contributed by atoms with Gasteiger partial charge in [0, 0.05) is 42.0 Å². The van der Waals surface area contributed by atoms with Gasteiger partial charge in [0.15, 0.2) is 0 Å². The topological polar surface area (TPSA) is 38.9 Å². The molecule has 40 heavy (non-hydrogen) atoms. The van der Waals surface area contributed by atoms with Crippen LogP contribution in [0.2, 0.25) is 19.6 Å². The van der Waals surface area contributed by atoms with Crippen molar-refractivity contribution in [2.24, 2.45) is 0 Å². The average Bonchev–Trinajstić information content (AvgIpc) is 3.77. The Hall–Kier alpha value is -3.37. The second kappa shape index (κ2) is 11.6. The molecule has 5 heteroatoms. The summed E-state index contributed by atoms with van der Waals surface area (Å²) in [7, 11) is -1.48. The van der Waals surface area contributed by atoms with Crippen molar-refractivity contribution in [3.05, 3.63) is 115 Å². The molecule has 1 aliphatic carbocycles. The molecule has 1 saturated carbocycles. The first-order chi connectivity index (χ1) is 20.1. The first kappa shape index (κ1) is 24.4. The van der Waals surface area contributed by atoms with E-state index < -0.39 is 14.9 Å². The van der Waals surface area contributed by atoms with Gasteiger partial charge >= 0.3 is 0 Å². The third kappa shape index (κ3) is 5.88. The molecule has 0 saturated heterocycles. The van der Waals surface area contributed by atoms with Gasteiger partial charge in [0.1, 0.15) is 5.58 Å². The smallest absolute Gasteiger partial charge is 0.120 e. The first-order valence-corrected chi connectivity index (χ1v) is 16.9. The van der Waals surface area contributed by atoms with Crippen molar-refractivity contribution in [3.63, 3.8) is 0 Å². The summed E-state index contributed by atoms with van der Waals surface area (Å²) in [6, 6.07) is 32.1. The molecule has 0 bridgehead atoms. The van der Waals surface area contributed by atoms with E-state index in [1.807, 2.05) is 30.5 Å². The van der Waals surface area contributed by atoms with Gasteiger partial charge in [-0.15, -0.1) is 54.1 Å². The minimum absolute atomic E-state index is 0. The minimum atomic E-state index is -2.09. The summed E-state index contributed by atoms with van der Waals surface area (Å²) in [5.74, 6) is 0.713. The molecule has 6 aromatic rings. The van der Waals surface area contributed by atoms with Gasteiger partial charge in [0.2, 0.25) is 0 Å². The van der Waals surface area contributed by atoms with E-state index >= 15 is 0 Å². The maximum Gasteiger partial charge on any atom is 0.120 e. The van der Waals surface area contributed by atoms with Crippen molar-refractivity contribution in [2.45, 2.75) is 45.3 Å². The molecule has 1 fully saturated rings. The summed E-state index contributed by atoms with van der Waals surface area (Å²) in [6.07, 6.45) is 5.90. The number of rotatable bonds is 4. The Morgan fingerprint density at radius 2 is 1.77 bits per heavy atom. The standard InChI is InChI=1S/C23H22NOSi.C12H10N.Ir/c1-26(2,3)21-9-5-8-20-22(21)18-7-4-6-17(23(18)25-20)19-14-16(12-13-24-19)15-10-11-15;1-10-7-8-12(13-9-10)11-5-3-2-4-6-11;/h4-5,7-9,12-15H,10-11H2,1-3H3;2-5,7-9H,1H3;/q2*-1;/i;1D3;. The normalized spacial score (nSPS) is 14.4. The Morgan fingerprint density at radius 1 is 0.900 bits per heavy atom. The van der Waals surface area contributed by atoms with Crippen LogP contribution in [-0.2, 0) is 20.1 Å². The van der Waals surface area contributed by atoms with Crippen LogP contribution in [0.25, 0.3) is 44.5 Å². The fourth-order valence-electron chi connectivity index (χ4n) is 4.97. The van der Waals surface area contributed by atoms with Gasteiger partial charge in [-0.25, -0.2) is 0 Å². The predicted octanol–water partition coefficient (Wildman–Crippen LogP) is 8.73. The number of pyridine rings is 2. The molecule has 0 unspecified atom stereocenters. The largest absolute Gasteiger partial charge is 0.501 e. The molecule has 3 aromatic heterocycles. The summed E-state index contributed by atoms with van der Waals surface area (Å²) in [6.45, 7) is 5.07. The van der Waals surface area contributed by atoms with E-state index in [9.17, 15) is 0 Å². The summed E-state index contributed by atoms with van der Waals surface area (Å²) in [4.78, 5) is 8.75. The van der Waals surface area contributed by atoms with Crippen LogP contribution >= 0.6 is 0 Å². The van der Waals surface area contributed by atoms with Crippen molar-refractivity contribution < 1.29 is 28.6 Å². The molecule has 0 atom stereocenters. The Labute approximate surface area is 255 Å². The number of hydrogen-bond donors (Lipinski definition) is 0. The van der Waals surface area contributed by atoms with Gasteiger partial charge in [0.25, 0.3) is 0 Å². The summed E-state index contributed by atoms with van der Waals surface area (Å²) in [5.41, 5.74) is 7.06. The van der Waals surface area contributed by atoms with Crippen molar-refractivity contribution in [1.29, 1.82) is 0 Å². The van der Waals surface area contributed by atoms with E-state index in [1.165, 1.54) is 40.6 Å². The van der Waals surface area contributed by atoms with E-state index in [0.717, 1.165) is 33.7 Å². The summed E-state index contributed by atoms with van der Waals surface area (Å²) >= 11 is 0. The molecular formula is C35H32IrN2OSi-2. The van der Waals surface area contributed by atoms with Gasteiger partial charge in [-0.05, 0) is 54.7 Å². The van der Waals surface area contributed by atoms with Crippen molar-refractivity contribution >= 4 is 35.2 Å². The minimum Gasteiger partial charge on any atom is -0.501 e. The molecule has 3 nitrogen and oxygen atoms in total. The Balaban J connectivity index is 0.000000188. The van der Waals surface area contributed by atoms with E-state index in [0.29, 0.717) is 5.92 Å².